The largest absolute Gasteiger partial charge is 0.315 e. The first-order valence-corrected chi connectivity index (χ1v) is 8.62. The Morgan fingerprint density at radius 2 is 1.85 bits per heavy atom. The van der Waals surface area contributed by atoms with Gasteiger partial charge < -0.3 is 5.32 Å². The summed E-state index contributed by atoms with van der Waals surface area (Å²) >= 11 is 0. The van der Waals surface area contributed by atoms with Gasteiger partial charge in [0.25, 0.3) is 0 Å². The van der Waals surface area contributed by atoms with E-state index in [1.165, 1.54) is 51.9 Å². The molecule has 3 heteroatoms. The quantitative estimate of drug-likeness (QED) is 0.854. The summed E-state index contributed by atoms with van der Waals surface area (Å²) in [7, 11) is 2.14. The van der Waals surface area contributed by atoms with Gasteiger partial charge in [-0.3, -0.25) is 9.80 Å². The topological polar surface area (TPSA) is 18.5 Å². The Labute approximate surface area is 126 Å². The number of nitrogens with one attached hydrogen (secondary N) is 1. The number of hydrogen-bond donors (Lipinski definition) is 1. The predicted octanol–water partition coefficient (Wildman–Crippen LogP) is 2.57. The van der Waals surface area contributed by atoms with Gasteiger partial charge in [0.1, 0.15) is 0 Å². The zero-order valence-corrected chi connectivity index (χ0v) is 14.3. The molecule has 1 saturated heterocycles. The van der Waals surface area contributed by atoms with Crippen molar-refractivity contribution in [1.29, 1.82) is 0 Å². The van der Waals surface area contributed by atoms with E-state index >= 15 is 0 Å². The lowest BCUT2D eigenvalue weighted by molar-refractivity contribution is 0.0206. The Morgan fingerprint density at radius 1 is 1.20 bits per heavy atom. The van der Waals surface area contributed by atoms with Gasteiger partial charge in [0.05, 0.1) is 0 Å². The molecule has 3 atom stereocenters. The molecule has 2 rings (SSSR count). The minimum atomic E-state index is 0.520. The minimum Gasteiger partial charge on any atom is -0.315 e. The van der Waals surface area contributed by atoms with Gasteiger partial charge in [-0.05, 0) is 45.1 Å². The van der Waals surface area contributed by atoms with Crippen molar-refractivity contribution in [3.8, 4) is 0 Å². The number of piperazine rings is 1. The molecule has 1 aliphatic heterocycles. The molecule has 118 valence electrons. The maximum Gasteiger partial charge on any atom is 0.0255 e. The second-order valence-electron chi connectivity index (χ2n) is 7.70. The molecule has 1 saturated carbocycles. The maximum atomic E-state index is 3.58. The summed E-state index contributed by atoms with van der Waals surface area (Å²) in [6.45, 7) is 14.6. The zero-order chi connectivity index (χ0) is 14.8. The molecule has 1 heterocycles. The Morgan fingerprint density at radius 3 is 2.40 bits per heavy atom. The van der Waals surface area contributed by atoms with Crippen LogP contribution in [0.5, 0.6) is 0 Å². The molecule has 0 aromatic heterocycles. The molecule has 1 aliphatic carbocycles. The van der Waals surface area contributed by atoms with Crippen LogP contribution in [0.25, 0.3) is 0 Å². The molecule has 0 aromatic carbocycles. The van der Waals surface area contributed by atoms with Gasteiger partial charge in [-0.25, -0.2) is 0 Å². The second-order valence-corrected chi connectivity index (χ2v) is 7.70. The summed E-state index contributed by atoms with van der Waals surface area (Å²) in [5, 5.41) is 3.58. The Bertz CT molecular complexity index is 295. The molecule has 3 nitrogen and oxygen atoms in total. The summed E-state index contributed by atoms with van der Waals surface area (Å²) in [5.74, 6) is 0. The van der Waals surface area contributed by atoms with Crippen molar-refractivity contribution in [3.63, 3.8) is 0 Å². The number of hydrogen-bond acceptors (Lipinski definition) is 3. The van der Waals surface area contributed by atoms with E-state index in [0.717, 1.165) is 12.1 Å². The lowest BCUT2D eigenvalue weighted by Gasteiger charge is -2.49. The molecule has 0 spiro atoms. The van der Waals surface area contributed by atoms with Crippen molar-refractivity contribution >= 4 is 0 Å². The molecule has 0 aromatic rings. The minimum absolute atomic E-state index is 0.520. The smallest absolute Gasteiger partial charge is 0.0255 e. The van der Waals surface area contributed by atoms with Gasteiger partial charge in [-0.1, -0.05) is 20.8 Å². The molecular formula is C17H35N3. The third-order valence-corrected chi connectivity index (χ3v) is 5.76. The fraction of sp³-hybridized carbons (Fsp3) is 1.00. The third-order valence-electron chi connectivity index (χ3n) is 5.76. The first kappa shape index (κ1) is 16.3. The molecule has 0 bridgehead atoms. The van der Waals surface area contributed by atoms with Gasteiger partial charge in [0.15, 0.2) is 0 Å². The third kappa shape index (κ3) is 3.75. The fourth-order valence-corrected chi connectivity index (χ4v) is 4.04. The fourth-order valence-electron chi connectivity index (χ4n) is 4.04. The average Bonchev–Trinajstić information content (AvgIpc) is 2.46. The van der Waals surface area contributed by atoms with Crippen molar-refractivity contribution in [2.75, 3.05) is 33.2 Å². The van der Waals surface area contributed by atoms with E-state index in [-0.39, 0.29) is 0 Å². The molecule has 20 heavy (non-hydrogen) atoms. The highest BCUT2D eigenvalue weighted by Gasteiger charge is 2.38. The van der Waals surface area contributed by atoms with E-state index in [2.05, 4.69) is 49.9 Å². The van der Waals surface area contributed by atoms with Crippen LogP contribution in [0.1, 0.15) is 53.4 Å². The van der Waals surface area contributed by atoms with Crippen molar-refractivity contribution in [3.05, 3.63) is 0 Å². The molecular weight excluding hydrogens is 246 g/mol. The second kappa shape index (κ2) is 6.76. The predicted molar refractivity (Wildman–Crippen MR) is 87.2 cm³/mol. The molecule has 0 radical (unpaired) electrons. The van der Waals surface area contributed by atoms with Crippen LogP contribution in [0, 0.1) is 5.41 Å². The van der Waals surface area contributed by atoms with E-state index in [1.807, 2.05) is 0 Å². The number of rotatable bonds is 4. The monoisotopic (exact) mass is 281 g/mol. The number of likely N-dealkylation sites (N-methyl/N-ethyl adjacent to an activating group) is 1. The summed E-state index contributed by atoms with van der Waals surface area (Å²) < 4.78 is 0. The van der Waals surface area contributed by atoms with Crippen LogP contribution in [0.3, 0.4) is 0 Å². The summed E-state index contributed by atoms with van der Waals surface area (Å²) in [4.78, 5) is 5.43. The number of nitrogens with zero attached hydrogens (tertiary/aromatic N) is 2. The van der Waals surface area contributed by atoms with E-state index in [9.17, 15) is 0 Å². The Kier molecular flexibility index (Phi) is 5.49. The molecule has 3 unspecified atom stereocenters. The van der Waals surface area contributed by atoms with Crippen LogP contribution in [-0.2, 0) is 0 Å². The van der Waals surface area contributed by atoms with Crippen molar-refractivity contribution in [2.24, 2.45) is 5.41 Å². The zero-order valence-electron chi connectivity index (χ0n) is 14.3. The SMILES string of the molecule is CCC(C)N1CCN(C2CC(C)(C)CCC2NC)CC1. The lowest BCUT2D eigenvalue weighted by Crippen LogP contribution is -2.59. The van der Waals surface area contributed by atoms with Crippen LogP contribution in [0.2, 0.25) is 0 Å². The van der Waals surface area contributed by atoms with Crippen LogP contribution < -0.4 is 5.32 Å². The van der Waals surface area contributed by atoms with E-state index < -0.39 is 0 Å². The summed E-state index contributed by atoms with van der Waals surface area (Å²) in [6.07, 6.45) is 5.32. The highest BCUT2D eigenvalue weighted by molar-refractivity contribution is 4.95. The van der Waals surface area contributed by atoms with E-state index in [4.69, 9.17) is 0 Å². The summed E-state index contributed by atoms with van der Waals surface area (Å²) in [6, 6.07) is 2.18. The van der Waals surface area contributed by atoms with Crippen molar-refractivity contribution in [2.45, 2.75) is 71.5 Å². The van der Waals surface area contributed by atoms with Gasteiger partial charge in [-0.15, -0.1) is 0 Å². The van der Waals surface area contributed by atoms with Gasteiger partial charge in [0, 0.05) is 44.3 Å². The van der Waals surface area contributed by atoms with Gasteiger partial charge in [0.2, 0.25) is 0 Å². The molecule has 2 fully saturated rings. The highest BCUT2D eigenvalue weighted by atomic mass is 15.3. The van der Waals surface area contributed by atoms with Crippen LogP contribution in [0.15, 0.2) is 0 Å². The Hall–Kier alpha value is -0.120. The molecule has 2 aliphatic rings. The normalized spacial score (nSPS) is 34.0. The molecule has 1 N–H and O–H groups in total. The van der Waals surface area contributed by atoms with E-state index in [0.29, 0.717) is 11.5 Å². The van der Waals surface area contributed by atoms with E-state index in [1.54, 1.807) is 0 Å². The highest BCUT2D eigenvalue weighted by Crippen LogP contribution is 2.37. The Balaban J connectivity index is 1.93. The standard InChI is InChI=1S/C17H35N3/c1-6-14(2)19-9-11-20(12-10-19)16-13-17(3,4)8-7-15(16)18-5/h14-16,18H,6-13H2,1-5H3. The summed E-state index contributed by atoms with van der Waals surface area (Å²) in [5.41, 5.74) is 0.520. The van der Waals surface area contributed by atoms with Crippen LogP contribution >= 0.6 is 0 Å². The van der Waals surface area contributed by atoms with Crippen molar-refractivity contribution in [1.82, 2.24) is 15.1 Å². The lowest BCUT2D eigenvalue weighted by atomic mass is 9.72. The first-order chi connectivity index (χ1) is 9.46. The molecule has 0 amide bonds. The first-order valence-electron chi connectivity index (χ1n) is 8.62. The average molecular weight is 281 g/mol. The van der Waals surface area contributed by atoms with Gasteiger partial charge >= 0.3 is 0 Å². The maximum absolute atomic E-state index is 3.58. The van der Waals surface area contributed by atoms with Crippen LogP contribution in [0.4, 0.5) is 0 Å². The van der Waals surface area contributed by atoms with Crippen LogP contribution in [-0.4, -0.2) is 61.2 Å². The van der Waals surface area contributed by atoms with Gasteiger partial charge in [-0.2, -0.15) is 0 Å². The van der Waals surface area contributed by atoms with Crippen molar-refractivity contribution < 1.29 is 0 Å².